The number of rotatable bonds is 7. The van der Waals surface area contributed by atoms with Gasteiger partial charge in [-0.3, -0.25) is 9.10 Å². The first-order chi connectivity index (χ1) is 14.8. The Morgan fingerprint density at radius 2 is 1.77 bits per heavy atom. The first kappa shape index (κ1) is 22.7. The number of carbonyl (C=O) groups excluding carboxylic acids is 1. The summed E-state index contributed by atoms with van der Waals surface area (Å²) in [4.78, 5) is 12.8. The van der Waals surface area contributed by atoms with E-state index in [1.165, 1.54) is 32.4 Å². The second-order valence-electron chi connectivity index (χ2n) is 6.82. The van der Waals surface area contributed by atoms with Crippen molar-refractivity contribution in [3.63, 3.8) is 0 Å². The van der Waals surface area contributed by atoms with E-state index in [1.807, 2.05) is 25.1 Å². The maximum atomic E-state index is 13.1. The van der Waals surface area contributed by atoms with Crippen LogP contribution in [0.2, 0.25) is 5.02 Å². The smallest absolute Gasteiger partial charge is 0.264 e. The van der Waals surface area contributed by atoms with Crippen LogP contribution in [0.1, 0.15) is 22.8 Å². The normalized spacial score (nSPS) is 11.1. The van der Waals surface area contributed by atoms with Crippen LogP contribution >= 0.6 is 11.6 Å². The van der Waals surface area contributed by atoms with Crippen molar-refractivity contribution in [2.45, 2.75) is 18.2 Å². The highest BCUT2D eigenvalue weighted by Gasteiger charge is 2.24. The van der Waals surface area contributed by atoms with Crippen molar-refractivity contribution < 1.29 is 17.9 Å². The van der Waals surface area contributed by atoms with E-state index < -0.39 is 15.9 Å². The Morgan fingerprint density at radius 1 is 1.06 bits per heavy atom. The molecule has 8 heteroatoms. The number of ether oxygens (including phenoxy) is 1. The lowest BCUT2D eigenvalue weighted by Crippen LogP contribution is -2.27. The molecule has 0 heterocycles. The number of amides is 1. The van der Waals surface area contributed by atoms with Crippen LogP contribution < -0.4 is 14.4 Å². The number of sulfonamides is 1. The first-order valence-electron chi connectivity index (χ1n) is 9.59. The number of hydrogen-bond acceptors (Lipinski definition) is 4. The van der Waals surface area contributed by atoms with Crippen molar-refractivity contribution >= 4 is 38.9 Å². The molecule has 0 aliphatic carbocycles. The third kappa shape index (κ3) is 5.00. The van der Waals surface area contributed by atoms with Gasteiger partial charge in [-0.2, -0.15) is 0 Å². The van der Waals surface area contributed by atoms with Crippen molar-refractivity contribution in [3.05, 3.63) is 82.9 Å². The summed E-state index contributed by atoms with van der Waals surface area (Å²) >= 11 is 6.21. The van der Waals surface area contributed by atoms with Gasteiger partial charge in [0.1, 0.15) is 5.75 Å². The van der Waals surface area contributed by atoms with Crippen LogP contribution in [0.5, 0.6) is 5.75 Å². The van der Waals surface area contributed by atoms with E-state index in [0.29, 0.717) is 17.1 Å². The standard InChI is InChI=1S/C23H23ClN2O4S/c1-4-16-6-5-7-17(14-16)25-23(27)21-15-20(12-13-22(21)24)31(28,29)26(2)18-8-10-19(30-3)11-9-18/h5-15H,4H2,1-3H3,(H,25,27). The number of halogens is 1. The Hall–Kier alpha value is -3.03. The van der Waals surface area contributed by atoms with Crippen molar-refractivity contribution in [2.24, 2.45) is 0 Å². The molecule has 0 aliphatic rings. The molecule has 0 radical (unpaired) electrons. The molecule has 3 rings (SSSR count). The Bertz CT molecular complexity index is 1190. The number of carbonyl (C=O) groups is 1. The number of benzene rings is 3. The highest BCUT2D eigenvalue weighted by molar-refractivity contribution is 7.92. The molecule has 0 spiro atoms. The number of nitrogens with one attached hydrogen (secondary N) is 1. The molecule has 6 nitrogen and oxygen atoms in total. The molecule has 0 aliphatic heterocycles. The summed E-state index contributed by atoms with van der Waals surface area (Å²) in [5.41, 5.74) is 2.22. The molecule has 0 aromatic heterocycles. The Balaban J connectivity index is 1.90. The quantitative estimate of drug-likeness (QED) is 0.541. The number of hydrogen-bond donors (Lipinski definition) is 1. The fourth-order valence-electron chi connectivity index (χ4n) is 3.00. The lowest BCUT2D eigenvalue weighted by Gasteiger charge is -2.20. The van der Waals surface area contributed by atoms with Crippen LogP contribution in [0.3, 0.4) is 0 Å². The number of anilines is 2. The average molecular weight is 459 g/mol. The predicted octanol–water partition coefficient (Wildman–Crippen LogP) is 4.99. The van der Waals surface area contributed by atoms with E-state index in [4.69, 9.17) is 16.3 Å². The molecule has 0 atom stereocenters. The summed E-state index contributed by atoms with van der Waals surface area (Å²) < 4.78 is 32.5. The van der Waals surface area contributed by atoms with Crippen LogP contribution in [0, 0.1) is 0 Å². The van der Waals surface area contributed by atoms with E-state index in [-0.39, 0.29) is 15.5 Å². The minimum atomic E-state index is -3.91. The van der Waals surface area contributed by atoms with Gasteiger partial charge in [-0.1, -0.05) is 30.7 Å². The van der Waals surface area contributed by atoms with Crippen molar-refractivity contribution in [1.82, 2.24) is 0 Å². The van der Waals surface area contributed by atoms with E-state index in [2.05, 4.69) is 5.32 Å². The molecule has 3 aromatic rings. The van der Waals surface area contributed by atoms with Crippen LogP contribution in [0.25, 0.3) is 0 Å². The molecule has 31 heavy (non-hydrogen) atoms. The van der Waals surface area contributed by atoms with Gasteiger partial charge >= 0.3 is 0 Å². The molecule has 0 saturated carbocycles. The van der Waals surface area contributed by atoms with Crippen LogP contribution in [-0.4, -0.2) is 28.5 Å². The Kier molecular flexibility index (Phi) is 6.87. The summed E-state index contributed by atoms with van der Waals surface area (Å²) in [5.74, 6) is 0.134. The third-order valence-electron chi connectivity index (χ3n) is 4.87. The molecule has 1 amide bonds. The van der Waals surface area contributed by atoms with E-state index >= 15 is 0 Å². The summed E-state index contributed by atoms with van der Waals surface area (Å²) in [6.07, 6.45) is 0.829. The van der Waals surface area contributed by atoms with Crippen LogP contribution in [0.15, 0.2) is 71.6 Å². The SMILES string of the molecule is CCc1cccc(NC(=O)c2cc(S(=O)(=O)N(C)c3ccc(OC)cc3)ccc2Cl)c1. The van der Waals surface area contributed by atoms with Gasteiger partial charge in [0.2, 0.25) is 0 Å². The van der Waals surface area contributed by atoms with Gasteiger partial charge < -0.3 is 10.1 Å². The fraction of sp³-hybridized carbons (Fsp3) is 0.174. The number of nitrogens with zero attached hydrogens (tertiary/aromatic N) is 1. The molecule has 0 saturated heterocycles. The summed E-state index contributed by atoms with van der Waals surface area (Å²) in [6.45, 7) is 2.02. The second kappa shape index (κ2) is 9.41. The molecule has 0 unspecified atom stereocenters. The Morgan fingerprint density at radius 3 is 2.42 bits per heavy atom. The molecule has 0 bridgehead atoms. The summed E-state index contributed by atoms with van der Waals surface area (Å²) in [6, 6.07) is 18.1. The van der Waals surface area contributed by atoms with Gasteiger partial charge in [-0.05, 0) is 66.6 Å². The lowest BCUT2D eigenvalue weighted by atomic mass is 10.1. The topological polar surface area (TPSA) is 75.7 Å². The van der Waals surface area contributed by atoms with Crippen molar-refractivity contribution in [1.29, 1.82) is 0 Å². The largest absolute Gasteiger partial charge is 0.497 e. The molecule has 0 fully saturated rings. The second-order valence-corrected chi connectivity index (χ2v) is 9.20. The predicted molar refractivity (Wildman–Crippen MR) is 124 cm³/mol. The van der Waals surface area contributed by atoms with Crippen LogP contribution in [0.4, 0.5) is 11.4 Å². The van der Waals surface area contributed by atoms with Crippen molar-refractivity contribution in [3.8, 4) is 5.75 Å². The van der Waals surface area contributed by atoms with Crippen LogP contribution in [-0.2, 0) is 16.4 Å². The maximum Gasteiger partial charge on any atom is 0.264 e. The molecule has 3 aromatic carbocycles. The highest BCUT2D eigenvalue weighted by atomic mass is 35.5. The average Bonchev–Trinajstić information content (AvgIpc) is 2.78. The zero-order valence-electron chi connectivity index (χ0n) is 17.4. The van der Waals surface area contributed by atoms with E-state index in [9.17, 15) is 13.2 Å². The summed E-state index contributed by atoms with van der Waals surface area (Å²) in [7, 11) is -0.932. The number of aryl methyl sites for hydroxylation is 1. The number of methoxy groups -OCH3 is 1. The monoisotopic (exact) mass is 458 g/mol. The molecular formula is C23H23ClN2O4S. The third-order valence-corrected chi connectivity index (χ3v) is 6.98. The molecule has 162 valence electrons. The minimum Gasteiger partial charge on any atom is -0.497 e. The zero-order chi connectivity index (χ0) is 22.6. The van der Waals surface area contributed by atoms with Gasteiger partial charge in [0.25, 0.3) is 15.9 Å². The molecule has 1 N–H and O–H groups in total. The fourth-order valence-corrected chi connectivity index (χ4v) is 4.42. The maximum absolute atomic E-state index is 13.1. The van der Waals surface area contributed by atoms with Gasteiger partial charge in [-0.25, -0.2) is 8.42 Å². The van der Waals surface area contributed by atoms with Crippen molar-refractivity contribution in [2.75, 3.05) is 23.8 Å². The lowest BCUT2D eigenvalue weighted by molar-refractivity contribution is 0.102. The van der Waals surface area contributed by atoms with E-state index in [0.717, 1.165) is 16.3 Å². The van der Waals surface area contributed by atoms with Gasteiger partial charge in [-0.15, -0.1) is 0 Å². The summed E-state index contributed by atoms with van der Waals surface area (Å²) in [5, 5.41) is 2.94. The van der Waals surface area contributed by atoms with Gasteiger partial charge in [0, 0.05) is 12.7 Å². The van der Waals surface area contributed by atoms with Gasteiger partial charge in [0.05, 0.1) is 28.3 Å². The van der Waals surface area contributed by atoms with E-state index in [1.54, 1.807) is 30.3 Å². The van der Waals surface area contributed by atoms with Gasteiger partial charge in [0.15, 0.2) is 0 Å². The Labute approximate surface area is 187 Å². The minimum absolute atomic E-state index is 0.0392. The highest BCUT2D eigenvalue weighted by Crippen LogP contribution is 2.27. The first-order valence-corrected chi connectivity index (χ1v) is 11.4. The molecular weight excluding hydrogens is 436 g/mol. The zero-order valence-corrected chi connectivity index (χ0v) is 19.0.